The predicted molar refractivity (Wildman–Crippen MR) is 151 cm³/mol. The van der Waals surface area contributed by atoms with Crippen LogP contribution in [0.4, 0.5) is 0 Å². The minimum Gasteiger partial charge on any atom is -0.393 e. The van der Waals surface area contributed by atoms with Crippen LogP contribution in [-0.2, 0) is 4.79 Å². The van der Waals surface area contributed by atoms with Crippen LogP contribution in [0.2, 0.25) is 0 Å². The van der Waals surface area contributed by atoms with E-state index in [9.17, 15) is 25.2 Å². The minimum atomic E-state index is -1.28. The van der Waals surface area contributed by atoms with Gasteiger partial charge in [0.2, 0.25) is 0 Å². The molecule has 6 atom stereocenters. The molecule has 0 aromatic heterocycles. The molecular weight excluding hydrogens is 464 g/mol. The Bertz CT molecular complexity index is 802. The maximum absolute atomic E-state index is 12.6. The van der Waals surface area contributed by atoms with E-state index in [2.05, 4.69) is 19.1 Å². The summed E-state index contributed by atoms with van der Waals surface area (Å²) in [7, 11) is 0. The van der Waals surface area contributed by atoms with E-state index in [-0.39, 0.29) is 18.6 Å². The van der Waals surface area contributed by atoms with Crippen LogP contribution in [0.1, 0.15) is 126 Å². The van der Waals surface area contributed by atoms with Crippen LogP contribution in [0.15, 0.2) is 23.3 Å². The Hall–Kier alpha value is -1.01. The lowest BCUT2D eigenvalue weighted by molar-refractivity contribution is -0.134. The minimum absolute atomic E-state index is 0. The second-order valence-corrected chi connectivity index (χ2v) is 13.6. The van der Waals surface area contributed by atoms with Crippen molar-refractivity contribution in [3.63, 3.8) is 0 Å². The molecule has 37 heavy (non-hydrogen) atoms. The summed E-state index contributed by atoms with van der Waals surface area (Å²) < 4.78 is 0. The third-order valence-electron chi connectivity index (χ3n) is 9.47. The summed E-state index contributed by atoms with van der Waals surface area (Å²) in [5.41, 5.74) is 0.894. The molecule has 3 saturated carbocycles. The van der Waals surface area contributed by atoms with Gasteiger partial charge >= 0.3 is 0 Å². The summed E-state index contributed by atoms with van der Waals surface area (Å²) in [6.45, 7) is 9.36. The van der Waals surface area contributed by atoms with Crippen LogP contribution in [0.3, 0.4) is 0 Å². The van der Waals surface area contributed by atoms with Gasteiger partial charge in [-0.3, -0.25) is 4.79 Å². The molecule has 5 nitrogen and oxygen atoms in total. The largest absolute Gasteiger partial charge is 0.393 e. The molecule has 4 N–H and O–H groups in total. The number of Topliss-reactive ketones (excluding diaryl/α,β-unsaturated/α-hetero) is 1. The highest BCUT2D eigenvalue weighted by atomic mass is 16.3. The summed E-state index contributed by atoms with van der Waals surface area (Å²) >= 11 is 0. The van der Waals surface area contributed by atoms with E-state index in [4.69, 9.17) is 0 Å². The van der Waals surface area contributed by atoms with Crippen LogP contribution in [0, 0.1) is 23.2 Å². The van der Waals surface area contributed by atoms with Gasteiger partial charge in [0, 0.05) is 6.42 Å². The third kappa shape index (κ3) is 8.74. The van der Waals surface area contributed by atoms with E-state index in [1.54, 1.807) is 13.8 Å². The highest BCUT2D eigenvalue weighted by molar-refractivity contribution is 5.86. The monoisotopic (exact) mass is 520 g/mol. The summed E-state index contributed by atoms with van der Waals surface area (Å²) in [5, 5.41) is 40.6. The Kier molecular flexibility index (Phi) is 11.2. The van der Waals surface area contributed by atoms with Gasteiger partial charge in [-0.1, -0.05) is 50.5 Å². The Labute approximate surface area is 226 Å². The number of hydrogen-bond acceptors (Lipinski definition) is 5. The first-order valence-electron chi connectivity index (χ1n) is 14.4. The zero-order valence-corrected chi connectivity index (χ0v) is 23.4. The van der Waals surface area contributed by atoms with Crippen molar-refractivity contribution in [2.24, 2.45) is 23.2 Å². The molecule has 214 valence electrons. The molecule has 0 aliphatic heterocycles. The first-order chi connectivity index (χ1) is 16.7. The average Bonchev–Trinajstić information content (AvgIpc) is 3.09. The normalized spacial score (nSPS) is 32.6. The fourth-order valence-corrected chi connectivity index (χ4v) is 7.55. The van der Waals surface area contributed by atoms with Crippen molar-refractivity contribution in [1.82, 2.24) is 0 Å². The Morgan fingerprint density at radius 3 is 2.30 bits per heavy atom. The lowest BCUT2D eigenvalue weighted by Gasteiger charge is -2.45. The third-order valence-corrected chi connectivity index (χ3v) is 9.47. The Morgan fingerprint density at radius 1 is 1.05 bits per heavy atom. The number of allylic oxidation sites excluding steroid dienone is 3. The van der Waals surface area contributed by atoms with E-state index in [1.165, 1.54) is 24.8 Å². The van der Waals surface area contributed by atoms with Crippen molar-refractivity contribution in [1.29, 1.82) is 0 Å². The van der Waals surface area contributed by atoms with E-state index >= 15 is 0 Å². The summed E-state index contributed by atoms with van der Waals surface area (Å²) in [6, 6.07) is 0. The van der Waals surface area contributed by atoms with E-state index < -0.39 is 23.4 Å². The fourth-order valence-electron chi connectivity index (χ4n) is 7.55. The number of fused-ring (bicyclic) bond motifs is 1. The van der Waals surface area contributed by atoms with Crippen LogP contribution < -0.4 is 0 Å². The number of hydrogen-bond donors (Lipinski definition) is 4. The molecule has 0 aromatic carbocycles. The number of carbonyl (C=O) groups is 1. The maximum atomic E-state index is 12.6. The average molecular weight is 521 g/mol. The van der Waals surface area contributed by atoms with E-state index in [1.807, 2.05) is 13.8 Å². The highest BCUT2D eigenvalue weighted by Crippen LogP contribution is 2.60. The SMILES string of the molecule is C.CC(C)(O)CCC[C@@H](CCC(=O)C(C)(C)O)[C@H]1CC[C@H]2/C(=C/C=C3C[C@@H](O)C[C@H](O)C3)CCC[C@]12C. The Morgan fingerprint density at radius 2 is 1.70 bits per heavy atom. The molecule has 0 spiro atoms. The van der Waals surface area contributed by atoms with Crippen molar-refractivity contribution >= 4 is 5.78 Å². The molecule has 0 radical (unpaired) electrons. The van der Waals surface area contributed by atoms with Gasteiger partial charge in [0.05, 0.1) is 17.8 Å². The molecule has 3 aliphatic carbocycles. The lowest BCUT2D eigenvalue weighted by Crippen LogP contribution is -2.37. The standard InChI is InChI=1S/C31H52O5.CH4/c1-29(2,35)16-6-8-23(12-15-28(34)30(3,4)36)27-14-13-26-22(9-7-17-31(26,27)5)11-10-21-18-24(32)20-25(33)19-21;/h10-11,23-27,32-33,35-36H,6-9,12-20H2,1-5H3;1H4/b22-11+;/t23-,24+,25+,26-,27+,31-;/m0./s1. The number of ketones is 1. The van der Waals surface area contributed by atoms with Crippen molar-refractivity contribution in [2.45, 2.75) is 149 Å². The second-order valence-electron chi connectivity index (χ2n) is 13.6. The quantitative estimate of drug-likeness (QED) is 0.272. The van der Waals surface area contributed by atoms with Gasteiger partial charge in [-0.25, -0.2) is 0 Å². The summed E-state index contributed by atoms with van der Waals surface area (Å²) in [5.74, 6) is 1.40. The number of aliphatic hydroxyl groups is 4. The zero-order chi connectivity index (χ0) is 26.7. The van der Waals surface area contributed by atoms with Crippen molar-refractivity contribution in [3.8, 4) is 0 Å². The van der Waals surface area contributed by atoms with Crippen molar-refractivity contribution < 1.29 is 25.2 Å². The van der Waals surface area contributed by atoms with Gasteiger partial charge in [0.25, 0.3) is 0 Å². The van der Waals surface area contributed by atoms with Crippen LogP contribution in [0.25, 0.3) is 0 Å². The van der Waals surface area contributed by atoms with Gasteiger partial charge in [-0.05, 0) is 115 Å². The summed E-state index contributed by atoms with van der Waals surface area (Å²) in [6.07, 6.45) is 15.1. The molecular formula is C32H56O5. The van der Waals surface area contributed by atoms with Crippen LogP contribution >= 0.6 is 0 Å². The van der Waals surface area contributed by atoms with Gasteiger partial charge in [0.1, 0.15) is 5.60 Å². The number of rotatable bonds is 10. The molecule has 5 heteroatoms. The van der Waals surface area contributed by atoms with E-state index in [0.717, 1.165) is 44.1 Å². The molecule has 0 saturated heterocycles. The first kappa shape index (κ1) is 32.2. The molecule has 3 rings (SSSR count). The van der Waals surface area contributed by atoms with Crippen molar-refractivity contribution in [3.05, 3.63) is 23.3 Å². The molecule has 0 aromatic rings. The highest BCUT2D eigenvalue weighted by Gasteiger charge is 2.51. The maximum Gasteiger partial charge on any atom is 0.163 e. The van der Waals surface area contributed by atoms with Gasteiger partial charge < -0.3 is 20.4 Å². The number of carbonyl (C=O) groups excluding carboxylic acids is 1. The molecule has 0 heterocycles. The molecule has 3 fully saturated rings. The number of aliphatic hydroxyl groups excluding tert-OH is 2. The van der Waals surface area contributed by atoms with Crippen LogP contribution in [-0.4, -0.2) is 49.6 Å². The van der Waals surface area contributed by atoms with Gasteiger partial charge in [0.15, 0.2) is 5.78 Å². The van der Waals surface area contributed by atoms with Gasteiger partial charge in [-0.2, -0.15) is 0 Å². The fraction of sp³-hybridized carbons (Fsp3) is 0.844. The van der Waals surface area contributed by atoms with E-state index in [0.29, 0.717) is 43.4 Å². The lowest BCUT2D eigenvalue weighted by atomic mass is 9.60. The summed E-state index contributed by atoms with van der Waals surface area (Å²) in [4.78, 5) is 12.6. The molecule has 0 amide bonds. The molecule has 3 aliphatic rings. The zero-order valence-electron chi connectivity index (χ0n) is 23.4. The topological polar surface area (TPSA) is 98.0 Å². The van der Waals surface area contributed by atoms with Gasteiger partial charge in [-0.15, -0.1) is 0 Å². The first-order valence-corrected chi connectivity index (χ1v) is 14.4. The molecule has 0 bridgehead atoms. The van der Waals surface area contributed by atoms with Crippen LogP contribution in [0.5, 0.6) is 0 Å². The molecule has 0 unspecified atom stereocenters. The second kappa shape index (κ2) is 12.9. The van der Waals surface area contributed by atoms with Crippen molar-refractivity contribution in [2.75, 3.05) is 0 Å². The Balaban J connectivity index is 0.00000481. The smallest absolute Gasteiger partial charge is 0.163 e. The predicted octanol–water partition coefficient (Wildman–Crippen LogP) is 6.28.